The molecule has 0 aromatic heterocycles. The zero-order chi connectivity index (χ0) is 13.8. The molecule has 0 aliphatic heterocycles. The molecule has 1 amide bonds. The minimum absolute atomic E-state index is 0.0468. The van der Waals surface area contributed by atoms with Gasteiger partial charge in [0.2, 0.25) is 5.91 Å². The van der Waals surface area contributed by atoms with Crippen LogP contribution in [0.15, 0.2) is 22.7 Å². The maximum atomic E-state index is 11.6. The predicted molar refractivity (Wildman–Crippen MR) is 75.4 cm³/mol. The number of halogens is 1. The number of amides is 1. The van der Waals surface area contributed by atoms with Crippen LogP contribution in [0.5, 0.6) is 5.75 Å². The maximum absolute atomic E-state index is 11.6. The lowest BCUT2D eigenvalue weighted by molar-refractivity contribution is -0.122. The number of nitrogens with two attached hydrogens (primary N) is 1. The molecule has 0 aliphatic carbocycles. The molecule has 1 aromatic carbocycles. The average Bonchev–Trinajstić information content (AvgIpc) is 2.24. The van der Waals surface area contributed by atoms with Crippen LogP contribution in [0.25, 0.3) is 0 Å². The molecule has 0 saturated heterocycles. The first kappa shape index (κ1) is 15.0. The van der Waals surface area contributed by atoms with Gasteiger partial charge in [-0.1, -0.05) is 6.07 Å². The van der Waals surface area contributed by atoms with Crippen molar-refractivity contribution in [3.8, 4) is 5.75 Å². The van der Waals surface area contributed by atoms with Crippen LogP contribution in [0.3, 0.4) is 0 Å². The van der Waals surface area contributed by atoms with Gasteiger partial charge >= 0.3 is 0 Å². The smallest absolute Gasteiger partial charge is 0.222 e. The van der Waals surface area contributed by atoms with E-state index in [-0.39, 0.29) is 5.91 Å². The Morgan fingerprint density at radius 3 is 2.67 bits per heavy atom. The summed E-state index contributed by atoms with van der Waals surface area (Å²) in [5.74, 6) is 0.725. The van der Waals surface area contributed by atoms with E-state index in [4.69, 9.17) is 10.5 Å². The molecule has 1 aromatic rings. The SMILES string of the molecule is COc1ccc(CNC(=O)CC(C)(C)N)cc1Br. The molecule has 4 nitrogen and oxygen atoms in total. The van der Waals surface area contributed by atoms with E-state index < -0.39 is 5.54 Å². The highest BCUT2D eigenvalue weighted by Crippen LogP contribution is 2.25. The number of rotatable bonds is 5. The van der Waals surface area contributed by atoms with Crippen LogP contribution in [0.2, 0.25) is 0 Å². The van der Waals surface area contributed by atoms with Gasteiger partial charge in [-0.25, -0.2) is 0 Å². The molecule has 0 radical (unpaired) electrons. The van der Waals surface area contributed by atoms with Gasteiger partial charge in [-0.15, -0.1) is 0 Å². The van der Waals surface area contributed by atoms with Crippen molar-refractivity contribution in [3.05, 3.63) is 28.2 Å². The van der Waals surface area contributed by atoms with Crippen molar-refractivity contribution in [1.29, 1.82) is 0 Å². The molecule has 0 unspecified atom stereocenters. The second-order valence-electron chi connectivity index (χ2n) is 4.91. The van der Waals surface area contributed by atoms with Gasteiger partial charge in [0.1, 0.15) is 5.75 Å². The summed E-state index contributed by atoms with van der Waals surface area (Å²) in [7, 11) is 1.62. The normalized spacial score (nSPS) is 11.2. The molecular formula is C13H19BrN2O2. The molecule has 100 valence electrons. The van der Waals surface area contributed by atoms with Crippen molar-refractivity contribution < 1.29 is 9.53 Å². The zero-order valence-corrected chi connectivity index (χ0v) is 12.5. The number of nitrogens with one attached hydrogen (secondary N) is 1. The minimum atomic E-state index is -0.482. The Hall–Kier alpha value is -1.07. The van der Waals surface area contributed by atoms with Gasteiger partial charge < -0.3 is 15.8 Å². The van der Waals surface area contributed by atoms with Crippen molar-refractivity contribution in [2.75, 3.05) is 7.11 Å². The third kappa shape index (κ3) is 5.06. The third-order valence-electron chi connectivity index (χ3n) is 2.32. The molecule has 1 rings (SSSR count). The maximum Gasteiger partial charge on any atom is 0.222 e. The van der Waals surface area contributed by atoms with E-state index in [1.54, 1.807) is 7.11 Å². The monoisotopic (exact) mass is 314 g/mol. The summed E-state index contributed by atoms with van der Waals surface area (Å²) in [5.41, 5.74) is 6.31. The topological polar surface area (TPSA) is 64.3 Å². The van der Waals surface area contributed by atoms with E-state index in [1.165, 1.54) is 0 Å². The van der Waals surface area contributed by atoms with Gasteiger partial charge in [-0.05, 0) is 47.5 Å². The standard InChI is InChI=1S/C13H19BrN2O2/c1-13(2,15)7-12(17)16-8-9-4-5-11(18-3)10(14)6-9/h4-6H,7-8,15H2,1-3H3,(H,16,17). The minimum Gasteiger partial charge on any atom is -0.496 e. The van der Waals surface area contributed by atoms with Gasteiger partial charge in [0, 0.05) is 18.5 Å². The van der Waals surface area contributed by atoms with Crippen LogP contribution < -0.4 is 15.8 Å². The Morgan fingerprint density at radius 2 is 2.17 bits per heavy atom. The summed E-state index contributed by atoms with van der Waals surface area (Å²) in [6.45, 7) is 4.14. The highest BCUT2D eigenvalue weighted by Gasteiger charge is 2.15. The molecule has 0 fully saturated rings. The Bertz CT molecular complexity index is 427. The Morgan fingerprint density at radius 1 is 1.50 bits per heavy atom. The third-order valence-corrected chi connectivity index (χ3v) is 2.94. The molecule has 0 saturated carbocycles. The zero-order valence-electron chi connectivity index (χ0n) is 10.9. The summed E-state index contributed by atoms with van der Waals surface area (Å²) in [6, 6.07) is 5.70. The number of hydrogen-bond acceptors (Lipinski definition) is 3. The second kappa shape index (κ2) is 6.20. The van der Waals surface area contributed by atoms with Gasteiger partial charge in [0.05, 0.1) is 11.6 Å². The molecule has 5 heteroatoms. The fourth-order valence-corrected chi connectivity index (χ4v) is 2.08. The molecule has 3 N–H and O–H groups in total. The van der Waals surface area contributed by atoms with Crippen LogP contribution >= 0.6 is 15.9 Å². The van der Waals surface area contributed by atoms with E-state index in [0.717, 1.165) is 15.8 Å². The number of methoxy groups -OCH3 is 1. The van der Waals surface area contributed by atoms with Crippen LogP contribution in [-0.2, 0) is 11.3 Å². The highest BCUT2D eigenvalue weighted by atomic mass is 79.9. The van der Waals surface area contributed by atoms with Crippen LogP contribution in [0.1, 0.15) is 25.8 Å². The van der Waals surface area contributed by atoms with E-state index >= 15 is 0 Å². The number of hydrogen-bond donors (Lipinski definition) is 2. The van der Waals surface area contributed by atoms with E-state index in [2.05, 4.69) is 21.2 Å². The van der Waals surface area contributed by atoms with Gasteiger partial charge in [0.25, 0.3) is 0 Å². The lowest BCUT2D eigenvalue weighted by atomic mass is 10.0. The molecule has 0 spiro atoms. The lowest BCUT2D eigenvalue weighted by Gasteiger charge is -2.17. The first-order chi connectivity index (χ1) is 8.31. The van der Waals surface area contributed by atoms with Crippen molar-refractivity contribution in [1.82, 2.24) is 5.32 Å². The van der Waals surface area contributed by atoms with Gasteiger partial charge in [-0.3, -0.25) is 4.79 Å². The Labute approximate surface area is 116 Å². The summed E-state index contributed by atoms with van der Waals surface area (Å²) >= 11 is 3.41. The Kier molecular flexibility index (Phi) is 5.16. The van der Waals surface area contributed by atoms with Crippen LogP contribution in [-0.4, -0.2) is 18.6 Å². The highest BCUT2D eigenvalue weighted by molar-refractivity contribution is 9.10. The lowest BCUT2D eigenvalue weighted by Crippen LogP contribution is -2.38. The predicted octanol–water partition coefficient (Wildman–Crippen LogP) is 2.20. The summed E-state index contributed by atoms with van der Waals surface area (Å²) in [4.78, 5) is 11.6. The summed E-state index contributed by atoms with van der Waals surface area (Å²) in [5, 5.41) is 2.84. The van der Waals surface area contributed by atoms with Crippen molar-refractivity contribution in [2.45, 2.75) is 32.4 Å². The van der Waals surface area contributed by atoms with Gasteiger partial charge in [-0.2, -0.15) is 0 Å². The molecular weight excluding hydrogens is 296 g/mol. The summed E-state index contributed by atoms with van der Waals surface area (Å²) < 4.78 is 6.01. The number of carbonyl (C=O) groups excluding carboxylic acids is 1. The average molecular weight is 315 g/mol. The molecule has 0 aliphatic rings. The first-order valence-electron chi connectivity index (χ1n) is 5.70. The van der Waals surface area contributed by atoms with Crippen LogP contribution in [0.4, 0.5) is 0 Å². The van der Waals surface area contributed by atoms with Crippen molar-refractivity contribution >= 4 is 21.8 Å². The number of carbonyl (C=O) groups is 1. The molecule has 0 heterocycles. The largest absolute Gasteiger partial charge is 0.496 e. The van der Waals surface area contributed by atoms with E-state index in [9.17, 15) is 4.79 Å². The van der Waals surface area contributed by atoms with Crippen molar-refractivity contribution in [3.63, 3.8) is 0 Å². The summed E-state index contributed by atoms with van der Waals surface area (Å²) in [6.07, 6.45) is 0.310. The van der Waals surface area contributed by atoms with E-state index in [0.29, 0.717) is 13.0 Å². The Balaban J connectivity index is 2.54. The molecule has 0 atom stereocenters. The fourth-order valence-electron chi connectivity index (χ4n) is 1.50. The number of benzene rings is 1. The van der Waals surface area contributed by atoms with Gasteiger partial charge in [0.15, 0.2) is 0 Å². The molecule has 18 heavy (non-hydrogen) atoms. The quantitative estimate of drug-likeness (QED) is 0.875. The van der Waals surface area contributed by atoms with Crippen LogP contribution in [0, 0.1) is 0 Å². The second-order valence-corrected chi connectivity index (χ2v) is 5.77. The van der Waals surface area contributed by atoms with Crippen molar-refractivity contribution in [2.24, 2.45) is 5.73 Å². The van der Waals surface area contributed by atoms with E-state index in [1.807, 2.05) is 32.0 Å². The molecule has 0 bridgehead atoms. The first-order valence-corrected chi connectivity index (χ1v) is 6.49. The fraction of sp³-hybridized carbons (Fsp3) is 0.462. The number of ether oxygens (including phenoxy) is 1.